The number of ether oxygens (including phenoxy) is 1. The van der Waals surface area contributed by atoms with E-state index in [1.807, 2.05) is 36.2 Å². The average molecular weight is 550 g/mol. The molecule has 4 heterocycles. The monoisotopic (exact) mass is 549 g/mol. The number of hydrogen-bond donors (Lipinski definition) is 1. The highest BCUT2D eigenvalue weighted by Gasteiger charge is 2.41. The Kier molecular flexibility index (Phi) is 7.79. The molecule has 3 fully saturated rings. The lowest BCUT2D eigenvalue weighted by Gasteiger charge is -2.44. The molecule has 3 atom stereocenters. The molecule has 5 rings (SSSR count). The van der Waals surface area contributed by atoms with Crippen molar-refractivity contribution in [3.63, 3.8) is 0 Å². The first-order valence-corrected chi connectivity index (χ1v) is 13.5. The van der Waals surface area contributed by atoms with Crippen LogP contribution in [0.15, 0.2) is 23.4 Å². The fraction of sp³-hybridized carbons (Fsp3) is 0.654. The second kappa shape index (κ2) is 11.1. The lowest BCUT2D eigenvalue weighted by molar-refractivity contribution is -0.139. The van der Waals surface area contributed by atoms with Gasteiger partial charge in [-0.1, -0.05) is 0 Å². The first kappa shape index (κ1) is 27.4. The number of aromatic amines is 1. The van der Waals surface area contributed by atoms with Gasteiger partial charge in [0.2, 0.25) is 11.9 Å². The minimum atomic E-state index is -4.80. The van der Waals surface area contributed by atoms with Crippen molar-refractivity contribution in [1.29, 1.82) is 0 Å². The first-order valence-electron chi connectivity index (χ1n) is 13.5. The molecule has 39 heavy (non-hydrogen) atoms. The van der Waals surface area contributed by atoms with Crippen LogP contribution in [0.5, 0.6) is 0 Å². The highest BCUT2D eigenvalue weighted by molar-refractivity contribution is 5.77. The normalized spacial score (nSPS) is 23.9. The zero-order valence-electron chi connectivity index (χ0n) is 22.2. The molecular weight excluding hydrogens is 515 g/mol. The maximum absolute atomic E-state index is 13.5. The van der Waals surface area contributed by atoms with Gasteiger partial charge < -0.3 is 19.4 Å². The van der Waals surface area contributed by atoms with Gasteiger partial charge in [-0.3, -0.25) is 9.59 Å². The molecule has 0 radical (unpaired) electrons. The van der Waals surface area contributed by atoms with Gasteiger partial charge in [-0.05, 0) is 51.0 Å². The van der Waals surface area contributed by atoms with E-state index in [-0.39, 0.29) is 49.4 Å². The number of rotatable bonds is 8. The Morgan fingerprint density at radius 2 is 1.79 bits per heavy atom. The summed E-state index contributed by atoms with van der Waals surface area (Å²) in [7, 11) is 0. The van der Waals surface area contributed by atoms with E-state index in [4.69, 9.17) is 4.74 Å². The van der Waals surface area contributed by atoms with Crippen molar-refractivity contribution in [3.05, 3.63) is 40.1 Å². The summed E-state index contributed by atoms with van der Waals surface area (Å²) >= 11 is 0. The fourth-order valence-corrected chi connectivity index (χ4v) is 5.81. The third kappa shape index (κ3) is 6.02. The molecule has 1 saturated carbocycles. The van der Waals surface area contributed by atoms with E-state index in [1.165, 1.54) is 23.3 Å². The summed E-state index contributed by atoms with van der Waals surface area (Å²) in [6.45, 7) is 5.95. The molecule has 1 N–H and O–H groups in total. The second-order valence-electron chi connectivity index (χ2n) is 10.8. The number of halogens is 3. The molecule has 2 aliphatic heterocycles. The van der Waals surface area contributed by atoms with Crippen LogP contribution in [0, 0.1) is 0 Å². The zero-order valence-corrected chi connectivity index (χ0v) is 22.2. The van der Waals surface area contributed by atoms with Crippen molar-refractivity contribution in [3.8, 4) is 0 Å². The molecule has 2 aromatic rings. The molecule has 0 bridgehead atoms. The molecule has 13 heteroatoms. The third-order valence-corrected chi connectivity index (χ3v) is 7.77. The van der Waals surface area contributed by atoms with Gasteiger partial charge in [-0.15, -0.1) is 0 Å². The lowest BCUT2D eigenvalue weighted by Crippen LogP contribution is -2.59. The highest BCUT2D eigenvalue weighted by atomic mass is 19.4. The molecule has 10 nitrogen and oxygen atoms in total. The Balaban J connectivity index is 1.12. The van der Waals surface area contributed by atoms with Crippen LogP contribution in [0.1, 0.15) is 63.0 Å². The number of carbonyl (C=O) groups excluding carboxylic acids is 1. The first-order chi connectivity index (χ1) is 18.6. The van der Waals surface area contributed by atoms with Crippen LogP contribution in [-0.2, 0) is 15.7 Å². The van der Waals surface area contributed by atoms with Gasteiger partial charge in [-0.25, -0.2) is 15.1 Å². The van der Waals surface area contributed by atoms with Gasteiger partial charge in [0.25, 0.3) is 5.56 Å². The molecule has 1 aliphatic carbocycles. The molecule has 1 amide bonds. The molecule has 2 aromatic heterocycles. The average Bonchev–Trinajstić information content (AvgIpc) is 3.63. The molecule has 0 aromatic carbocycles. The predicted octanol–water partition coefficient (Wildman–Crippen LogP) is 2.96. The van der Waals surface area contributed by atoms with Crippen LogP contribution < -0.4 is 15.4 Å². The van der Waals surface area contributed by atoms with Gasteiger partial charge in [0, 0.05) is 44.1 Å². The van der Waals surface area contributed by atoms with Gasteiger partial charge in [0.15, 0.2) is 0 Å². The van der Waals surface area contributed by atoms with E-state index in [2.05, 4.69) is 20.0 Å². The smallest absolute Gasteiger partial charge is 0.379 e. The number of nitrogens with one attached hydrogen (secondary N) is 1. The van der Waals surface area contributed by atoms with Gasteiger partial charge in [0.1, 0.15) is 5.56 Å². The summed E-state index contributed by atoms with van der Waals surface area (Å²) in [6.07, 6.45) is 3.93. The summed E-state index contributed by atoms with van der Waals surface area (Å²) < 4.78 is 46.4. The highest BCUT2D eigenvalue weighted by Crippen LogP contribution is 2.39. The largest absolute Gasteiger partial charge is 0.423 e. The molecular formula is C26H34F3N7O3. The van der Waals surface area contributed by atoms with Crippen molar-refractivity contribution < 1.29 is 22.7 Å². The van der Waals surface area contributed by atoms with Crippen LogP contribution >= 0.6 is 0 Å². The molecule has 212 valence electrons. The Morgan fingerprint density at radius 3 is 2.44 bits per heavy atom. The van der Waals surface area contributed by atoms with E-state index >= 15 is 0 Å². The summed E-state index contributed by atoms with van der Waals surface area (Å²) in [6, 6.07) is -0.414. The van der Waals surface area contributed by atoms with Crippen molar-refractivity contribution in [2.45, 2.75) is 76.2 Å². The van der Waals surface area contributed by atoms with Crippen LogP contribution in [0.3, 0.4) is 0 Å². The van der Waals surface area contributed by atoms with Gasteiger partial charge in [-0.2, -0.15) is 18.3 Å². The number of H-pyrrole nitrogens is 1. The lowest BCUT2D eigenvalue weighted by atomic mass is 10.1. The number of piperazine rings is 1. The number of hydrogen-bond acceptors (Lipinski definition) is 8. The number of aromatic nitrogens is 4. The molecule has 3 aliphatic rings. The number of alkyl halides is 3. The standard InChI is InChI=1S/C26H34F3N7O3/c1-16-13-34(25-30-10-19(11-31-25)18-5-6-18)14-17(2)36(16)22(37)7-9-39-15-20-4-3-8-35(20)21-12-32-33-24(38)23(21)26(27,28)29/h10-12,16-18,20H,3-9,13-15H2,1-2H3,(H,33,38). The van der Waals surface area contributed by atoms with E-state index in [1.54, 1.807) is 0 Å². The van der Waals surface area contributed by atoms with E-state index in [0.29, 0.717) is 44.3 Å². The zero-order chi connectivity index (χ0) is 27.7. The molecule has 3 unspecified atom stereocenters. The quantitative estimate of drug-likeness (QED) is 0.501. The summed E-state index contributed by atoms with van der Waals surface area (Å²) in [5.74, 6) is 1.25. The van der Waals surface area contributed by atoms with Crippen molar-refractivity contribution in [2.75, 3.05) is 42.6 Å². The SMILES string of the molecule is CC1CN(c2ncc(C3CC3)cn2)CC(C)N1C(=O)CCOCC1CCCN1c1cn[nH]c(=O)c1C(F)(F)F. The molecule has 2 saturated heterocycles. The minimum absolute atomic E-state index is 0.0268. The Bertz CT molecular complexity index is 1210. The maximum atomic E-state index is 13.5. The van der Waals surface area contributed by atoms with E-state index in [0.717, 1.165) is 6.20 Å². The number of carbonyl (C=O) groups is 1. The maximum Gasteiger partial charge on any atom is 0.423 e. The third-order valence-electron chi connectivity index (χ3n) is 7.77. The number of nitrogens with zero attached hydrogens (tertiary/aromatic N) is 6. The van der Waals surface area contributed by atoms with Crippen LogP contribution in [0.4, 0.5) is 24.8 Å². The van der Waals surface area contributed by atoms with Crippen LogP contribution in [0.2, 0.25) is 0 Å². The summed E-state index contributed by atoms with van der Waals surface area (Å²) in [4.78, 5) is 39.6. The van der Waals surface area contributed by atoms with Crippen molar-refractivity contribution >= 4 is 17.5 Å². The Labute approximate surface area is 224 Å². The Morgan fingerprint density at radius 1 is 1.10 bits per heavy atom. The fourth-order valence-electron chi connectivity index (χ4n) is 5.81. The molecule has 0 spiro atoms. The van der Waals surface area contributed by atoms with E-state index < -0.39 is 17.3 Å². The van der Waals surface area contributed by atoms with Gasteiger partial charge >= 0.3 is 6.18 Å². The summed E-state index contributed by atoms with van der Waals surface area (Å²) in [5.41, 5.74) is -1.56. The van der Waals surface area contributed by atoms with Crippen LogP contribution in [0.25, 0.3) is 0 Å². The predicted molar refractivity (Wildman–Crippen MR) is 138 cm³/mol. The topological polar surface area (TPSA) is 108 Å². The van der Waals surface area contributed by atoms with Crippen molar-refractivity contribution in [1.82, 2.24) is 25.1 Å². The Hall–Kier alpha value is -3.22. The van der Waals surface area contributed by atoms with E-state index in [9.17, 15) is 22.8 Å². The number of anilines is 2. The van der Waals surface area contributed by atoms with Crippen molar-refractivity contribution in [2.24, 2.45) is 0 Å². The minimum Gasteiger partial charge on any atom is -0.379 e. The summed E-state index contributed by atoms with van der Waals surface area (Å²) in [5, 5.41) is 5.45. The van der Waals surface area contributed by atoms with Gasteiger partial charge in [0.05, 0.1) is 37.6 Å². The number of amides is 1. The van der Waals surface area contributed by atoms with Crippen LogP contribution in [-0.4, -0.2) is 81.9 Å². The second-order valence-corrected chi connectivity index (χ2v) is 10.8.